The lowest BCUT2D eigenvalue weighted by atomic mass is 10.2. The molecule has 3 aromatic heterocycles. The maximum atomic E-state index is 4.56. The fourth-order valence-electron chi connectivity index (χ4n) is 3.85. The molecule has 2 atom stereocenters. The molecule has 2 saturated heterocycles. The molecule has 5 heterocycles. The first-order valence-corrected chi connectivity index (χ1v) is 7.93. The topological polar surface area (TPSA) is 62.5 Å². The summed E-state index contributed by atoms with van der Waals surface area (Å²) in [6.45, 7) is 2.98. The zero-order chi connectivity index (χ0) is 15.2. The third-order valence-corrected chi connectivity index (χ3v) is 4.91. The zero-order valence-corrected chi connectivity index (χ0v) is 12.7. The number of likely N-dealkylation sites (tertiary alicyclic amines) is 1. The van der Waals surface area contributed by atoms with E-state index in [2.05, 4.69) is 42.1 Å². The highest BCUT2D eigenvalue weighted by molar-refractivity contribution is 5.64. The van der Waals surface area contributed by atoms with Gasteiger partial charge >= 0.3 is 0 Å². The third kappa shape index (κ3) is 2.08. The van der Waals surface area contributed by atoms with Gasteiger partial charge in [-0.2, -0.15) is 0 Å². The summed E-state index contributed by atoms with van der Waals surface area (Å²) in [5.41, 5.74) is 1.99. The summed E-state index contributed by atoms with van der Waals surface area (Å²) in [6.07, 6.45) is 8.49. The van der Waals surface area contributed by atoms with Gasteiger partial charge in [-0.3, -0.25) is 14.3 Å². The molecule has 2 bridgehead atoms. The quantitative estimate of drug-likeness (QED) is 0.719. The number of hydrogen-bond donors (Lipinski definition) is 0. The normalized spacial score (nSPS) is 23.9. The third-order valence-electron chi connectivity index (χ3n) is 4.91. The van der Waals surface area contributed by atoms with Crippen molar-refractivity contribution >= 4 is 11.5 Å². The number of rotatable bonds is 3. The van der Waals surface area contributed by atoms with Crippen molar-refractivity contribution in [3.8, 4) is 0 Å². The molecule has 3 aromatic rings. The SMILES string of the molecule is c1ccc(CN2CC3CC2CN3c2nccn3cnnc23)nc1. The number of nitrogens with zero attached hydrogens (tertiary/aromatic N) is 7. The second-order valence-corrected chi connectivity index (χ2v) is 6.26. The number of aromatic nitrogens is 5. The Morgan fingerprint density at radius 1 is 1.09 bits per heavy atom. The lowest BCUT2D eigenvalue weighted by Crippen LogP contribution is -2.46. The first-order valence-electron chi connectivity index (χ1n) is 7.93. The van der Waals surface area contributed by atoms with Crippen LogP contribution in [0.5, 0.6) is 0 Å². The van der Waals surface area contributed by atoms with Crippen molar-refractivity contribution in [1.82, 2.24) is 29.5 Å². The van der Waals surface area contributed by atoms with Crippen molar-refractivity contribution in [3.63, 3.8) is 0 Å². The monoisotopic (exact) mass is 307 g/mol. The van der Waals surface area contributed by atoms with Gasteiger partial charge in [0.2, 0.25) is 5.65 Å². The Hall–Kier alpha value is -2.54. The Morgan fingerprint density at radius 2 is 2.09 bits per heavy atom. The van der Waals surface area contributed by atoms with E-state index in [1.165, 1.54) is 6.42 Å². The van der Waals surface area contributed by atoms with Gasteiger partial charge in [-0.15, -0.1) is 10.2 Å². The number of anilines is 1. The van der Waals surface area contributed by atoms with Crippen LogP contribution in [0.25, 0.3) is 5.65 Å². The molecule has 23 heavy (non-hydrogen) atoms. The molecule has 5 rings (SSSR count). The van der Waals surface area contributed by atoms with Crippen molar-refractivity contribution < 1.29 is 0 Å². The van der Waals surface area contributed by atoms with E-state index in [4.69, 9.17) is 0 Å². The minimum absolute atomic E-state index is 0.499. The van der Waals surface area contributed by atoms with E-state index in [-0.39, 0.29) is 0 Å². The summed E-state index contributed by atoms with van der Waals surface area (Å²) in [6, 6.07) is 7.18. The average molecular weight is 307 g/mol. The average Bonchev–Trinajstić information content (AvgIpc) is 3.30. The summed E-state index contributed by atoms with van der Waals surface area (Å²) in [4.78, 5) is 13.9. The van der Waals surface area contributed by atoms with Crippen LogP contribution in [0.1, 0.15) is 12.1 Å². The molecule has 2 unspecified atom stereocenters. The van der Waals surface area contributed by atoms with Crippen LogP contribution in [0.4, 0.5) is 5.82 Å². The summed E-state index contributed by atoms with van der Waals surface area (Å²) in [5.74, 6) is 0.954. The van der Waals surface area contributed by atoms with Gasteiger partial charge in [-0.25, -0.2) is 4.98 Å². The van der Waals surface area contributed by atoms with Gasteiger partial charge in [0.25, 0.3) is 0 Å². The van der Waals surface area contributed by atoms with Crippen molar-refractivity contribution in [2.75, 3.05) is 18.0 Å². The minimum Gasteiger partial charge on any atom is -0.348 e. The molecule has 0 radical (unpaired) electrons. The predicted molar refractivity (Wildman–Crippen MR) is 85.0 cm³/mol. The molecule has 0 aliphatic carbocycles. The molecule has 7 nitrogen and oxygen atoms in total. The Labute approximate surface area is 133 Å². The fraction of sp³-hybridized carbons (Fsp3) is 0.375. The van der Waals surface area contributed by atoms with E-state index in [0.717, 1.165) is 36.8 Å². The van der Waals surface area contributed by atoms with Crippen LogP contribution in [0.15, 0.2) is 43.1 Å². The summed E-state index contributed by atoms with van der Waals surface area (Å²) < 4.78 is 1.93. The Morgan fingerprint density at radius 3 is 2.91 bits per heavy atom. The number of hydrogen-bond acceptors (Lipinski definition) is 6. The molecule has 116 valence electrons. The molecule has 0 aromatic carbocycles. The molecular weight excluding hydrogens is 290 g/mol. The lowest BCUT2D eigenvalue weighted by molar-refractivity contribution is 0.227. The number of fused-ring (bicyclic) bond motifs is 3. The van der Waals surface area contributed by atoms with Crippen LogP contribution in [0.2, 0.25) is 0 Å². The molecule has 0 N–H and O–H groups in total. The Bertz CT molecular complexity index is 831. The van der Waals surface area contributed by atoms with Gasteiger partial charge in [-0.1, -0.05) is 6.07 Å². The summed E-state index contributed by atoms with van der Waals surface area (Å²) >= 11 is 0. The van der Waals surface area contributed by atoms with E-state index in [9.17, 15) is 0 Å². The van der Waals surface area contributed by atoms with Crippen LogP contribution < -0.4 is 4.90 Å². The second kappa shape index (κ2) is 4.99. The largest absolute Gasteiger partial charge is 0.348 e. The first-order chi connectivity index (χ1) is 11.4. The highest BCUT2D eigenvalue weighted by atomic mass is 15.4. The smallest absolute Gasteiger partial charge is 0.203 e. The van der Waals surface area contributed by atoms with Crippen LogP contribution in [0, 0.1) is 0 Å². The van der Waals surface area contributed by atoms with Crippen LogP contribution in [-0.4, -0.2) is 54.6 Å². The Kier molecular flexibility index (Phi) is 2.81. The second-order valence-electron chi connectivity index (χ2n) is 6.26. The Balaban J connectivity index is 1.37. The zero-order valence-electron chi connectivity index (χ0n) is 12.7. The van der Waals surface area contributed by atoms with Crippen LogP contribution in [-0.2, 0) is 6.54 Å². The van der Waals surface area contributed by atoms with Gasteiger partial charge in [0.1, 0.15) is 6.33 Å². The molecule has 2 aliphatic heterocycles. The highest BCUT2D eigenvalue weighted by Crippen LogP contribution is 2.35. The maximum Gasteiger partial charge on any atom is 0.203 e. The van der Waals surface area contributed by atoms with Crippen LogP contribution >= 0.6 is 0 Å². The minimum atomic E-state index is 0.499. The fourth-order valence-corrected chi connectivity index (χ4v) is 3.85. The maximum absolute atomic E-state index is 4.56. The van der Waals surface area contributed by atoms with E-state index < -0.39 is 0 Å². The molecular formula is C16H17N7. The highest BCUT2D eigenvalue weighted by Gasteiger charge is 2.44. The van der Waals surface area contributed by atoms with Crippen LogP contribution in [0.3, 0.4) is 0 Å². The first kappa shape index (κ1) is 13.0. The van der Waals surface area contributed by atoms with Gasteiger partial charge in [0.05, 0.1) is 5.69 Å². The van der Waals surface area contributed by atoms with Crippen molar-refractivity contribution in [2.45, 2.75) is 25.0 Å². The van der Waals surface area contributed by atoms with Gasteiger partial charge in [0, 0.05) is 50.3 Å². The van der Waals surface area contributed by atoms with Gasteiger partial charge in [-0.05, 0) is 18.6 Å². The molecule has 0 saturated carbocycles. The molecule has 7 heteroatoms. The lowest BCUT2D eigenvalue weighted by Gasteiger charge is -2.34. The van der Waals surface area contributed by atoms with Gasteiger partial charge < -0.3 is 4.90 Å². The van der Waals surface area contributed by atoms with E-state index in [1.54, 1.807) is 6.33 Å². The standard InChI is InChI=1S/C16H17N7/c1-2-4-17-12(3-1)8-22-9-14-7-13(22)10-23(14)15-16-20-19-11-21(16)6-5-18-15/h1-6,11,13-14H,7-10H2. The summed E-state index contributed by atoms with van der Waals surface area (Å²) in [5, 5.41) is 8.21. The molecule has 0 amide bonds. The van der Waals surface area contributed by atoms with Crippen molar-refractivity contribution in [1.29, 1.82) is 0 Å². The van der Waals surface area contributed by atoms with Crippen molar-refractivity contribution in [3.05, 3.63) is 48.8 Å². The van der Waals surface area contributed by atoms with E-state index in [1.807, 2.05) is 29.1 Å². The van der Waals surface area contributed by atoms with Gasteiger partial charge in [0.15, 0.2) is 5.82 Å². The molecule has 2 aliphatic rings. The van der Waals surface area contributed by atoms with Crippen molar-refractivity contribution in [2.24, 2.45) is 0 Å². The molecule has 0 spiro atoms. The summed E-state index contributed by atoms with van der Waals surface area (Å²) in [7, 11) is 0. The molecule has 2 fully saturated rings. The number of piperazine rings is 1. The number of pyridine rings is 1. The predicted octanol–water partition coefficient (Wildman–Crippen LogP) is 0.982. The van der Waals surface area contributed by atoms with E-state index in [0.29, 0.717) is 12.1 Å². The van der Waals surface area contributed by atoms with E-state index >= 15 is 0 Å².